The van der Waals surface area contributed by atoms with E-state index in [1.165, 1.54) is 0 Å². The molecule has 0 radical (unpaired) electrons. The molecule has 27 heavy (non-hydrogen) atoms. The van der Waals surface area contributed by atoms with E-state index in [4.69, 9.17) is 0 Å². The van der Waals surface area contributed by atoms with Crippen LogP contribution in [0.5, 0.6) is 0 Å². The monoisotopic (exact) mass is 382 g/mol. The fourth-order valence-electron chi connectivity index (χ4n) is 8.00. The predicted molar refractivity (Wildman–Crippen MR) is 97.6 cm³/mol. The zero-order valence-corrected chi connectivity index (χ0v) is 16.3. The second-order valence-corrected chi connectivity index (χ2v) is 10.3. The summed E-state index contributed by atoms with van der Waals surface area (Å²) in [5, 5.41) is 52.9. The van der Waals surface area contributed by atoms with Gasteiger partial charge in [0.1, 0.15) is 12.2 Å². The van der Waals surface area contributed by atoms with E-state index in [0.717, 1.165) is 6.42 Å². The van der Waals surface area contributed by atoms with Gasteiger partial charge in [0.15, 0.2) is 5.78 Å². The maximum absolute atomic E-state index is 12.4. The number of hydrogen-bond donors (Lipinski definition) is 5. The molecule has 0 spiro atoms. The highest BCUT2D eigenvalue weighted by Gasteiger charge is 2.69. The number of Topliss-reactive ketones (excluding diaryl/α,β-unsaturated/α-hetero) is 1. The molecule has 154 valence electrons. The second kappa shape index (κ2) is 6.23. The Balaban J connectivity index is 1.72. The van der Waals surface area contributed by atoms with Crippen LogP contribution >= 0.6 is 0 Å². The first-order valence-electron chi connectivity index (χ1n) is 10.5. The fraction of sp³-hybridized carbons (Fsp3) is 0.952. The average Bonchev–Trinajstić information content (AvgIpc) is 2.87. The second-order valence-electron chi connectivity index (χ2n) is 10.3. The van der Waals surface area contributed by atoms with E-state index in [1.54, 1.807) is 0 Å². The first kappa shape index (κ1) is 19.8. The van der Waals surface area contributed by atoms with E-state index in [1.807, 2.05) is 6.92 Å². The van der Waals surface area contributed by atoms with Gasteiger partial charge >= 0.3 is 0 Å². The molecule has 0 aliphatic heterocycles. The summed E-state index contributed by atoms with van der Waals surface area (Å²) in [4.78, 5) is 12.4. The molecule has 4 rings (SSSR count). The Kier molecular flexibility index (Phi) is 4.56. The van der Waals surface area contributed by atoms with Crippen molar-refractivity contribution in [3.8, 4) is 0 Å². The maximum atomic E-state index is 12.4. The molecule has 0 amide bonds. The predicted octanol–water partition coefficient (Wildman–Crippen LogP) is 0.624. The molecular weight excluding hydrogens is 348 g/mol. The van der Waals surface area contributed by atoms with Crippen LogP contribution in [-0.2, 0) is 4.79 Å². The van der Waals surface area contributed by atoms with Crippen molar-refractivity contribution >= 4 is 5.78 Å². The maximum Gasteiger partial charge on any atom is 0.190 e. The van der Waals surface area contributed by atoms with Crippen molar-refractivity contribution in [3.63, 3.8) is 0 Å². The van der Waals surface area contributed by atoms with E-state index >= 15 is 0 Å². The van der Waals surface area contributed by atoms with Gasteiger partial charge in [0.25, 0.3) is 0 Å². The molecule has 4 aliphatic carbocycles. The lowest BCUT2D eigenvalue weighted by molar-refractivity contribution is -0.222. The molecule has 4 aliphatic rings. The fourth-order valence-corrected chi connectivity index (χ4v) is 8.00. The van der Waals surface area contributed by atoms with E-state index in [0.29, 0.717) is 38.5 Å². The van der Waals surface area contributed by atoms with Crippen molar-refractivity contribution in [2.75, 3.05) is 6.61 Å². The van der Waals surface area contributed by atoms with Crippen LogP contribution in [0.25, 0.3) is 0 Å². The Hall–Kier alpha value is -0.530. The van der Waals surface area contributed by atoms with Crippen LogP contribution in [0.4, 0.5) is 0 Å². The number of carbonyl (C=O) groups is 1. The number of rotatable bonds is 2. The zero-order valence-electron chi connectivity index (χ0n) is 16.3. The van der Waals surface area contributed by atoms with Crippen LogP contribution in [0.2, 0.25) is 0 Å². The van der Waals surface area contributed by atoms with Crippen molar-refractivity contribution in [2.45, 2.75) is 82.7 Å². The lowest BCUT2D eigenvalue weighted by Crippen LogP contribution is -2.65. The first-order valence-corrected chi connectivity index (χ1v) is 10.5. The highest BCUT2D eigenvalue weighted by Crippen LogP contribution is 2.68. The SMILES string of the molecule is C[C@]12CCC(O)CC1C(O)C[C@@H]1[C@@H]2C(O)C[C@@]2(C)[C@H]1CC[C@]2(O)C(=O)CO. The number of aliphatic hydroxyl groups is 5. The summed E-state index contributed by atoms with van der Waals surface area (Å²) in [6.07, 6.45) is 2.29. The van der Waals surface area contributed by atoms with Gasteiger partial charge in [-0.1, -0.05) is 13.8 Å². The number of carbonyl (C=O) groups excluding carboxylic acids is 1. The molecule has 6 nitrogen and oxygen atoms in total. The molecule has 0 aromatic rings. The number of hydrogen-bond acceptors (Lipinski definition) is 6. The molecule has 0 aromatic heterocycles. The lowest BCUT2D eigenvalue weighted by Gasteiger charge is -2.63. The smallest absolute Gasteiger partial charge is 0.190 e. The van der Waals surface area contributed by atoms with Gasteiger partial charge < -0.3 is 25.5 Å². The van der Waals surface area contributed by atoms with Gasteiger partial charge in [-0.25, -0.2) is 0 Å². The minimum Gasteiger partial charge on any atom is -0.393 e. The molecule has 5 N–H and O–H groups in total. The third kappa shape index (κ3) is 2.46. The lowest BCUT2D eigenvalue weighted by atomic mass is 9.43. The van der Waals surface area contributed by atoms with Crippen LogP contribution in [0.1, 0.15) is 58.8 Å². The van der Waals surface area contributed by atoms with Crippen molar-refractivity contribution in [1.82, 2.24) is 0 Å². The van der Waals surface area contributed by atoms with Crippen LogP contribution in [0.15, 0.2) is 0 Å². The van der Waals surface area contributed by atoms with Gasteiger partial charge in [-0.3, -0.25) is 4.79 Å². The van der Waals surface area contributed by atoms with Crippen LogP contribution < -0.4 is 0 Å². The van der Waals surface area contributed by atoms with Gasteiger partial charge in [0.2, 0.25) is 0 Å². The van der Waals surface area contributed by atoms with Crippen molar-refractivity contribution in [3.05, 3.63) is 0 Å². The molecule has 0 saturated heterocycles. The molecule has 0 aromatic carbocycles. The topological polar surface area (TPSA) is 118 Å². The van der Waals surface area contributed by atoms with Gasteiger partial charge in [0.05, 0.1) is 18.3 Å². The van der Waals surface area contributed by atoms with Crippen LogP contribution in [-0.4, -0.2) is 61.8 Å². The summed E-state index contributed by atoms with van der Waals surface area (Å²) in [6, 6.07) is 0. The molecule has 6 heteroatoms. The van der Waals surface area contributed by atoms with Gasteiger partial charge in [0, 0.05) is 5.41 Å². The molecule has 0 bridgehead atoms. The Morgan fingerprint density at radius 2 is 1.70 bits per heavy atom. The third-order valence-corrected chi connectivity index (χ3v) is 9.34. The van der Waals surface area contributed by atoms with E-state index in [9.17, 15) is 30.3 Å². The molecule has 10 atom stereocenters. The molecule has 0 heterocycles. The Bertz CT molecular complexity index is 624. The standard InChI is InChI=1S/C21H34O6/c1-19-5-3-11(23)7-14(19)15(24)8-12-13-4-6-21(27,17(26)10-22)20(13,2)9-16(25)18(12)19/h11-16,18,22-25,27H,3-10H2,1-2H3/t11?,12-,13-,14?,15?,16?,18+,19-,20-,21-/m0/s1. The van der Waals surface area contributed by atoms with Gasteiger partial charge in [-0.15, -0.1) is 0 Å². The Labute approximate surface area is 160 Å². The summed E-state index contributed by atoms with van der Waals surface area (Å²) in [5.41, 5.74) is -2.64. The van der Waals surface area contributed by atoms with Crippen molar-refractivity contribution in [2.24, 2.45) is 34.5 Å². The highest BCUT2D eigenvalue weighted by atomic mass is 16.3. The Morgan fingerprint density at radius 1 is 1.00 bits per heavy atom. The van der Waals surface area contributed by atoms with Crippen LogP contribution in [0, 0.1) is 34.5 Å². The van der Waals surface area contributed by atoms with Crippen LogP contribution in [0.3, 0.4) is 0 Å². The quantitative estimate of drug-likeness (QED) is 0.478. The Morgan fingerprint density at radius 3 is 2.37 bits per heavy atom. The summed E-state index contributed by atoms with van der Waals surface area (Å²) in [5.74, 6) is -0.514. The normalized spacial score (nSPS) is 57.5. The number of aliphatic hydroxyl groups excluding tert-OH is 4. The number of fused-ring (bicyclic) bond motifs is 5. The minimum absolute atomic E-state index is 0.00283. The number of ketones is 1. The van der Waals surface area contributed by atoms with E-state index in [2.05, 4.69) is 6.92 Å². The molecular formula is C21H34O6. The van der Waals surface area contributed by atoms with Crippen molar-refractivity contribution < 1.29 is 30.3 Å². The highest BCUT2D eigenvalue weighted by molar-refractivity contribution is 5.89. The average molecular weight is 382 g/mol. The third-order valence-electron chi connectivity index (χ3n) is 9.34. The summed E-state index contributed by atoms with van der Waals surface area (Å²) in [7, 11) is 0. The van der Waals surface area contributed by atoms with Gasteiger partial charge in [-0.2, -0.15) is 0 Å². The van der Waals surface area contributed by atoms with E-state index < -0.39 is 35.6 Å². The molecule has 4 saturated carbocycles. The minimum atomic E-state index is -1.61. The summed E-state index contributed by atoms with van der Waals surface area (Å²) < 4.78 is 0. The van der Waals surface area contributed by atoms with Crippen molar-refractivity contribution in [1.29, 1.82) is 0 Å². The molecule has 4 fully saturated rings. The molecule has 4 unspecified atom stereocenters. The summed E-state index contributed by atoms with van der Waals surface area (Å²) in [6.45, 7) is 3.34. The largest absolute Gasteiger partial charge is 0.393 e. The van der Waals surface area contributed by atoms with Gasteiger partial charge in [-0.05, 0) is 74.0 Å². The zero-order chi connectivity index (χ0) is 19.8. The summed E-state index contributed by atoms with van der Waals surface area (Å²) >= 11 is 0. The first-order chi connectivity index (χ1) is 12.6. The van der Waals surface area contributed by atoms with E-state index in [-0.39, 0.29) is 35.2 Å².